The Morgan fingerprint density at radius 1 is 1.38 bits per heavy atom. The van der Waals surface area contributed by atoms with Crippen LogP contribution in [0.5, 0.6) is 0 Å². The molecular formula is C13H20N2O. The lowest BCUT2D eigenvalue weighted by atomic mass is 9.96. The van der Waals surface area contributed by atoms with Crippen LogP contribution in [0.3, 0.4) is 0 Å². The fourth-order valence-corrected chi connectivity index (χ4v) is 2.43. The number of hydrogen-bond acceptors (Lipinski definition) is 2. The van der Waals surface area contributed by atoms with Gasteiger partial charge in [0.2, 0.25) is 0 Å². The second-order valence-corrected chi connectivity index (χ2v) is 4.64. The number of aldehydes is 1. The zero-order chi connectivity index (χ0) is 11.2. The highest BCUT2D eigenvalue weighted by molar-refractivity contribution is 5.49. The largest absolute Gasteiger partial charge is 0.303 e. The van der Waals surface area contributed by atoms with Gasteiger partial charge in [-0.1, -0.05) is 19.3 Å². The maximum absolute atomic E-state index is 10.2. The molecular weight excluding hydrogens is 200 g/mol. The highest BCUT2D eigenvalue weighted by atomic mass is 16.1. The zero-order valence-corrected chi connectivity index (χ0v) is 9.77. The van der Waals surface area contributed by atoms with E-state index in [-0.39, 0.29) is 0 Å². The normalized spacial score (nSPS) is 17.5. The molecule has 0 aromatic carbocycles. The van der Waals surface area contributed by atoms with Crippen LogP contribution in [0.1, 0.15) is 56.7 Å². The van der Waals surface area contributed by atoms with Gasteiger partial charge in [-0.05, 0) is 31.7 Å². The van der Waals surface area contributed by atoms with Gasteiger partial charge in [0, 0.05) is 12.6 Å². The molecule has 0 unspecified atom stereocenters. The zero-order valence-electron chi connectivity index (χ0n) is 9.77. The smallest absolute Gasteiger partial charge is 0.120 e. The van der Waals surface area contributed by atoms with Crippen molar-refractivity contribution >= 4 is 6.29 Å². The molecule has 3 heteroatoms. The van der Waals surface area contributed by atoms with Crippen LogP contribution in [0.4, 0.5) is 0 Å². The number of rotatable bonds is 5. The van der Waals surface area contributed by atoms with E-state index < -0.39 is 0 Å². The summed E-state index contributed by atoms with van der Waals surface area (Å²) in [6.45, 7) is 0. The number of aromatic nitrogens is 2. The van der Waals surface area contributed by atoms with Crippen molar-refractivity contribution < 1.29 is 4.79 Å². The summed E-state index contributed by atoms with van der Waals surface area (Å²) in [5.41, 5.74) is 1.13. The first-order valence-electron chi connectivity index (χ1n) is 6.38. The van der Waals surface area contributed by atoms with E-state index in [1.807, 2.05) is 0 Å². The molecule has 0 aliphatic heterocycles. The fraction of sp³-hybridized carbons (Fsp3) is 0.692. The maximum atomic E-state index is 10.2. The highest BCUT2D eigenvalue weighted by Gasteiger charge is 2.15. The topological polar surface area (TPSA) is 34.9 Å². The van der Waals surface area contributed by atoms with E-state index in [0.29, 0.717) is 12.5 Å². The number of carbonyl (C=O) groups excluding carboxylic acids is 1. The molecule has 0 radical (unpaired) electrons. The number of nitrogens with zero attached hydrogens (tertiary/aromatic N) is 2. The first-order chi connectivity index (χ1) is 7.90. The number of carbonyl (C=O) groups is 1. The molecule has 0 spiro atoms. The third-order valence-corrected chi connectivity index (χ3v) is 3.37. The Labute approximate surface area is 96.8 Å². The van der Waals surface area contributed by atoms with Crippen LogP contribution in [0.15, 0.2) is 12.3 Å². The molecule has 0 N–H and O–H groups in total. The van der Waals surface area contributed by atoms with Gasteiger partial charge in [0.05, 0.1) is 11.7 Å². The molecule has 0 amide bonds. The molecule has 1 heterocycles. The Morgan fingerprint density at radius 3 is 2.94 bits per heavy atom. The number of aryl methyl sites for hydroxylation is 1. The molecule has 0 bridgehead atoms. The molecule has 1 aliphatic carbocycles. The van der Waals surface area contributed by atoms with E-state index in [2.05, 4.69) is 22.0 Å². The minimum absolute atomic E-state index is 0.619. The van der Waals surface area contributed by atoms with Crippen molar-refractivity contribution in [2.45, 2.75) is 57.4 Å². The molecule has 0 saturated heterocycles. The third kappa shape index (κ3) is 2.94. The molecule has 88 valence electrons. The number of unbranched alkanes of at least 4 members (excludes halogenated alkanes) is 1. The van der Waals surface area contributed by atoms with Gasteiger partial charge in [0.1, 0.15) is 6.29 Å². The quantitative estimate of drug-likeness (QED) is 0.565. The predicted octanol–water partition coefficient (Wildman–Crippen LogP) is 2.91. The summed E-state index contributed by atoms with van der Waals surface area (Å²) in [5, 5.41) is 4.61. The Bertz CT molecular complexity index is 326. The van der Waals surface area contributed by atoms with Crippen molar-refractivity contribution in [1.82, 2.24) is 9.78 Å². The maximum Gasteiger partial charge on any atom is 0.120 e. The van der Waals surface area contributed by atoms with Gasteiger partial charge in [0.15, 0.2) is 0 Å². The lowest BCUT2D eigenvalue weighted by Crippen LogP contribution is -2.13. The van der Waals surface area contributed by atoms with Crippen LogP contribution in [0, 0.1) is 0 Å². The summed E-state index contributed by atoms with van der Waals surface area (Å²) in [7, 11) is 0. The van der Waals surface area contributed by atoms with Crippen LogP contribution in [0.25, 0.3) is 0 Å². The molecule has 1 aliphatic rings. The minimum Gasteiger partial charge on any atom is -0.303 e. The van der Waals surface area contributed by atoms with Crippen LogP contribution in [-0.4, -0.2) is 16.1 Å². The SMILES string of the molecule is O=CCCCc1ccn(C2CCCCC2)n1. The Kier molecular flexibility index (Phi) is 4.14. The predicted molar refractivity (Wildman–Crippen MR) is 63.4 cm³/mol. The van der Waals surface area contributed by atoms with Crippen molar-refractivity contribution in [2.24, 2.45) is 0 Å². The van der Waals surface area contributed by atoms with Crippen molar-refractivity contribution in [3.05, 3.63) is 18.0 Å². The molecule has 16 heavy (non-hydrogen) atoms. The molecule has 1 saturated carbocycles. The first-order valence-corrected chi connectivity index (χ1v) is 6.38. The van der Waals surface area contributed by atoms with Crippen LogP contribution < -0.4 is 0 Å². The summed E-state index contributed by atoms with van der Waals surface area (Å²) in [6, 6.07) is 2.72. The van der Waals surface area contributed by atoms with E-state index in [1.165, 1.54) is 32.1 Å². The van der Waals surface area contributed by atoms with Gasteiger partial charge >= 0.3 is 0 Å². The van der Waals surface area contributed by atoms with Crippen molar-refractivity contribution in [3.63, 3.8) is 0 Å². The van der Waals surface area contributed by atoms with Gasteiger partial charge in [-0.2, -0.15) is 5.10 Å². The lowest BCUT2D eigenvalue weighted by molar-refractivity contribution is -0.107. The monoisotopic (exact) mass is 220 g/mol. The van der Waals surface area contributed by atoms with Crippen LogP contribution >= 0.6 is 0 Å². The van der Waals surface area contributed by atoms with Gasteiger partial charge in [-0.25, -0.2) is 0 Å². The Morgan fingerprint density at radius 2 is 2.19 bits per heavy atom. The van der Waals surface area contributed by atoms with E-state index >= 15 is 0 Å². The molecule has 1 fully saturated rings. The van der Waals surface area contributed by atoms with Crippen molar-refractivity contribution in [2.75, 3.05) is 0 Å². The Hall–Kier alpha value is -1.12. The second-order valence-electron chi connectivity index (χ2n) is 4.64. The summed E-state index contributed by atoms with van der Waals surface area (Å²) in [4.78, 5) is 10.2. The molecule has 3 nitrogen and oxygen atoms in total. The third-order valence-electron chi connectivity index (χ3n) is 3.37. The summed E-state index contributed by atoms with van der Waals surface area (Å²) >= 11 is 0. The van der Waals surface area contributed by atoms with Gasteiger partial charge in [-0.15, -0.1) is 0 Å². The van der Waals surface area contributed by atoms with E-state index in [9.17, 15) is 4.79 Å². The Balaban J connectivity index is 1.88. The average molecular weight is 220 g/mol. The number of hydrogen-bond donors (Lipinski definition) is 0. The summed E-state index contributed by atoms with van der Waals surface area (Å²) in [6.07, 6.45) is 12.2. The summed E-state index contributed by atoms with van der Waals surface area (Å²) < 4.78 is 2.13. The fourth-order valence-electron chi connectivity index (χ4n) is 2.43. The highest BCUT2D eigenvalue weighted by Crippen LogP contribution is 2.27. The van der Waals surface area contributed by atoms with E-state index in [1.54, 1.807) is 0 Å². The van der Waals surface area contributed by atoms with Gasteiger partial charge in [0.25, 0.3) is 0 Å². The molecule has 2 rings (SSSR count). The standard InChI is InChI=1S/C13H20N2O/c16-11-5-4-6-12-9-10-15(14-12)13-7-2-1-3-8-13/h9-11,13H,1-8H2. The van der Waals surface area contributed by atoms with Crippen molar-refractivity contribution in [1.29, 1.82) is 0 Å². The molecule has 1 aromatic heterocycles. The van der Waals surface area contributed by atoms with Crippen LogP contribution in [-0.2, 0) is 11.2 Å². The van der Waals surface area contributed by atoms with Crippen LogP contribution in [0.2, 0.25) is 0 Å². The summed E-state index contributed by atoms with van der Waals surface area (Å²) in [5.74, 6) is 0. The second kappa shape index (κ2) is 5.83. The average Bonchev–Trinajstić information content (AvgIpc) is 2.79. The molecule has 0 atom stereocenters. The van der Waals surface area contributed by atoms with Gasteiger partial charge in [-0.3, -0.25) is 4.68 Å². The lowest BCUT2D eigenvalue weighted by Gasteiger charge is -2.21. The minimum atomic E-state index is 0.619. The molecule has 1 aromatic rings. The first kappa shape index (κ1) is 11.4. The van der Waals surface area contributed by atoms with E-state index in [0.717, 1.165) is 24.8 Å². The van der Waals surface area contributed by atoms with E-state index in [4.69, 9.17) is 0 Å². The van der Waals surface area contributed by atoms with Gasteiger partial charge < -0.3 is 4.79 Å². The van der Waals surface area contributed by atoms with Crippen molar-refractivity contribution in [3.8, 4) is 0 Å².